The van der Waals surface area contributed by atoms with Crippen LogP contribution in [0.1, 0.15) is 113 Å². The smallest absolute Gasteiger partial charge is 0.132 e. The lowest BCUT2D eigenvalue weighted by molar-refractivity contribution is -0.0141. The maximum absolute atomic E-state index is 6.61. The number of unbranched alkanes of at least 4 members (excludes halogenated alkanes) is 4. The van der Waals surface area contributed by atoms with Gasteiger partial charge < -0.3 is 42.6 Å². The minimum Gasteiger partial charge on any atom is -0.490 e. The predicted molar refractivity (Wildman–Crippen MR) is 252 cm³/mol. The van der Waals surface area contributed by atoms with Crippen LogP contribution in [0.5, 0.6) is 23.0 Å². The summed E-state index contributed by atoms with van der Waals surface area (Å²) in [4.78, 5) is 0. The van der Waals surface area contributed by atoms with Gasteiger partial charge in [0.15, 0.2) is 0 Å². The molecule has 0 aliphatic carbocycles. The van der Waals surface area contributed by atoms with Crippen LogP contribution in [0.25, 0.3) is 22.3 Å². The molecule has 4 aromatic carbocycles. The van der Waals surface area contributed by atoms with E-state index in [-0.39, 0.29) is 0 Å². The number of hydrogen-bond donors (Lipinski definition) is 0. The van der Waals surface area contributed by atoms with Gasteiger partial charge in [0.25, 0.3) is 0 Å². The van der Waals surface area contributed by atoms with E-state index in [0.29, 0.717) is 79.3 Å². The van der Waals surface area contributed by atoms with Gasteiger partial charge in [-0.05, 0) is 114 Å². The Balaban J connectivity index is 0.822. The van der Waals surface area contributed by atoms with Crippen molar-refractivity contribution in [3.8, 4) is 45.3 Å². The monoisotopic (exact) mass is 867 g/mol. The summed E-state index contributed by atoms with van der Waals surface area (Å²) in [6.45, 7) is 23.0. The Morgan fingerprint density at radius 2 is 0.778 bits per heavy atom. The van der Waals surface area contributed by atoms with E-state index in [0.717, 1.165) is 59.8 Å². The number of rotatable bonds is 28. The summed E-state index contributed by atoms with van der Waals surface area (Å²) in [6.07, 6.45) is 9.08. The van der Waals surface area contributed by atoms with E-state index < -0.39 is 11.2 Å². The Morgan fingerprint density at radius 1 is 0.429 bits per heavy atom. The molecule has 344 valence electrons. The van der Waals surface area contributed by atoms with Gasteiger partial charge in [-0.2, -0.15) is 0 Å². The second kappa shape index (κ2) is 23.7. The molecule has 2 aliphatic rings. The fraction of sp³-hybridized carbons (Fsp3) is 0.556. The minimum atomic E-state index is -0.421. The summed E-state index contributed by atoms with van der Waals surface area (Å²) < 4.78 is 54.9. The van der Waals surface area contributed by atoms with E-state index in [1.165, 1.54) is 70.2 Å². The van der Waals surface area contributed by atoms with E-state index in [2.05, 4.69) is 116 Å². The Bertz CT molecular complexity index is 1910. The number of ether oxygens (including phenoxy) is 9. The Labute approximate surface area is 378 Å². The quantitative estimate of drug-likeness (QED) is 0.0518. The molecular weight excluding hydrogens is 793 g/mol. The van der Waals surface area contributed by atoms with Crippen LogP contribution in [0, 0.1) is 13.8 Å². The molecule has 0 saturated heterocycles. The molecule has 6 rings (SSSR count). The minimum absolute atomic E-state index is 0.421. The first kappa shape index (κ1) is 48.3. The number of benzene rings is 4. The summed E-state index contributed by atoms with van der Waals surface area (Å²) in [6, 6.07) is 22.0. The third-order valence-electron chi connectivity index (χ3n) is 11.8. The standard InChI is InChI=1S/C54H74O9/c1-9-11-13-15-41-35-47(51-43-33-39(3)17-19-45(43)53(5,6)62-49(51)37-41)60-31-29-58-27-25-56-23-21-55-22-24-57-26-28-59-30-32-61-48-36-42(16-14-12-10-2)38-50-52(48)44-34-40(4)18-20-46(44)54(7,8)63-50/h17-20,33-38H,9-16,21-32H2,1-8H3. The zero-order valence-electron chi connectivity index (χ0n) is 39.6. The van der Waals surface area contributed by atoms with Crippen molar-refractivity contribution in [2.24, 2.45) is 0 Å². The van der Waals surface area contributed by atoms with Crippen molar-refractivity contribution in [2.45, 2.75) is 118 Å². The molecule has 0 N–H and O–H groups in total. The highest BCUT2D eigenvalue weighted by atomic mass is 16.6. The van der Waals surface area contributed by atoms with E-state index in [4.69, 9.17) is 42.6 Å². The molecule has 0 unspecified atom stereocenters. The van der Waals surface area contributed by atoms with Crippen LogP contribution in [0.2, 0.25) is 0 Å². The summed E-state index contributed by atoms with van der Waals surface area (Å²) >= 11 is 0. The lowest BCUT2D eigenvalue weighted by atomic mass is 9.84. The molecule has 0 radical (unpaired) electrons. The molecule has 9 nitrogen and oxygen atoms in total. The lowest BCUT2D eigenvalue weighted by Crippen LogP contribution is -2.29. The van der Waals surface area contributed by atoms with Crippen LogP contribution in [-0.4, -0.2) is 79.3 Å². The SMILES string of the molecule is CCCCCc1cc(OCCOCCOCCOCCOCCOCCOc2cc(CCCCC)cc3c2-c2cc(C)ccc2C(C)(C)O3)c2c(c1)OC(C)(C)c1ccc(C)cc1-2. The van der Waals surface area contributed by atoms with Gasteiger partial charge in [0.1, 0.15) is 47.4 Å². The zero-order valence-corrected chi connectivity index (χ0v) is 39.6. The summed E-state index contributed by atoms with van der Waals surface area (Å²) in [5, 5.41) is 0. The second-order valence-corrected chi connectivity index (χ2v) is 17.9. The van der Waals surface area contributed by atoms with Gasteiger partial charge in [-0.25, -0.2) is 0 Å². The molecule has 0 spiro atoms. The molecule has 0 aromatic heterocycles. The summed E-state index contributed by atoms with van der Waals surface area (Å²) in [5.41, 5.74) is 10.9. The highest BCUT2D eigenvalue weighted by Gasteiger charge is 2.36. The Morgan fingerprint density at radius 3 is 1.13 bits per heavy atom. The van der Waals surface area contributed by atoms with E-state index in [9.17, 15) is 0 Å². The summed E-state index contributed by atoms with van der Waals surface area (Å²) in [7, 11) is 0. The van der Waals surface area contributed by atoms with Crippen molar-refractivity contribution in [1.82, 2.24) is 0 Å². The van der Waals surface area contributed by atoms with E-state index in [1.54, 1.807) is 0 Å². The van der Waals surface area contributed by atoms with Crippen molar-refractivity contribution in [3.63, 3.8) is 0 Å². The normalized spacial score (nSPS) is 14.2. The van der Waals surface area contributed by atoms with Crippen molar-refractivity contribution in [2.75, 3.05) is 79.3 Å². The Kier molecular flexibility index (Phi) is 18.2. The first-order valence-electron chi connectivity index (χ1n) is 23.6. The first-order valence-corrected chi connectivity index (χ1v) is 23.6. The summed E-state index contributed by atoms with van der Waals surface area (Å²) in [5.74, 6) is 3.50. The van der Waals surface area contributed by atoms with Crippen LogP contribution < -0.4 is 18.9 Å². The van der Waals surface area contributed by atoms with Crippen molar-refractivity contribution >= 4 is 0 Å². The van der Waals surface area contributed by atoms with Gasteiger partial charge in [0.2, 0.25) is 0 Å². The van der Waals surface area contributed by atoms with Crippen LogP contribution in [0.3, 0.4) is 0 Å². The molecule has 2 aliphatic heterocycles. The molecule has 0 amide bonds. The predicted octanol–water partition coefficient (Wildman–Crippen LogP) is 11.9. The molecule has 9 heteroatoms. The van der Waals surface area contributed by atoms with Crippen molar-refractivity contribution in [1.29, 1.82) is 0 Å². The lowest BCUT2D eigenvalue weighted by Gasteiger charge is -2.36. The van der Waals surface area contributed by atoms with Gasteiger partial charge in [0, 0.05) is 11.1 Å². The molecule has 2 heterocycles. The van der Waals surface area contributed by atoms with Crippen molar-refractivity contribution < 1.29 is 42.6 Å². The first-order chi connectivity index (χ1) is 30.5. The Hall–Kier alpha value is -4.12. The molecule has 0 atom stereocenters. The average Bonchev–Trinajstić information content (AvgIpc) is 3.23. The maximum Gasteiger partial charge on any atom is 0.132 e. The third-order valence-corrected chi connectivity index (χ3v) is 11.8. The topological polar surface area (TPSA) is 83.1 Å². The second-order valence-electron chi connectivity index (χ2n) is 17.9. The van der Waals surface area contributed by atoms with Gasteiger partial charge in [0.05, 0.1) is 77.2 Å². The van der Waals surface area contributed by atoms with Gasteiger partial charge >= 0.3 is 0 Å². The van der Waals surface area contributed by atoms with Crippen LogP contribution in [0.15, 0.2) is 60.7 Å². The molecule has 63 heavy (non-hydrogen) atoms. The van der Waals surface area contributed by atoms with E-state index >= 15 is 0 Å². The van der Waals surface area contributed by atoms with Gasteiger partial charge in [-0.3, -0.25) is 0 Å². The van der Waals surface area contributed by atoms with Crippen LogP contribution >= 0.6 is 0 Å². The maximum atomic E-state index is 6.61. The van der Waals surface area contributed by atoms with Crippen molar-refractivity contribution in [3.05, 3.63) is 94.0 Å². The number of aryl methyl sites for hydroxylation is 4. The zero-order chi connectivity index (χ0) is 44.7. The fourth-order valence-corrected chi connectivity index (χ4v) is 8.50. The molecule has 4 aromatic rings. The largest absolute Gasteiger partial charge is 0.490 e. The van der Waals surface area contributed by atoms with Gasteiger partial charge in [-0.15, -0.1) is 0 Å². The molecule has 0 saturated carbocycles. The van der Waals surface area contributed by atoms with E-state index in [1.807, 2.05) is 0 Å². The van der Waals surface area contributed by atoms with Crippen LogP contribution in [0.4, 0.5) is 0 Å². The number of hydrogen-bond acceptors (Lipinski definition) is 9. The highest BCUT2D eigenvalue weighted by Crippen LogP contribution is 2.52. The fourth-order valence-electron chi connectivity index (χ4n) is 8.50. The third kappa shape index (κ3) is 13.5. The molecular formula is C54H74O9. The average molecular weight is 867 g/mol. The number of fused-ring (bicyclic) bond motifs is 6. The highest BCUT2D eigenvalue weighted by molar-refractivity contribution is 5.84. The van der Waals surface area contributed by atoms with Crippen LogP contribution in [-0.2, 0) is 47.7 Å². The molecule has 0 bridgehead atoms. The van der Waals surface area contributed by atoms with Gasteiger partial charge in [-0.1, -0.05) is 87.1 Å². The molecule has 0 fully saturated rings.